The van der Waals surface area contributed by atoms with Gasteiger partial charge in [-0.05, 0) is 12.3 Å². The Labute approximate surface area is 75.7 Å². The molecule has 13 heavy (non-hydrogen) atoms. The van der Waals surface area contributed by atoms with Gasteiger partial charge in [-0.25, -0.2) is 0 Å². The van der Waals surface area contributed by atoms with E-state index in [9.17, 15) is 13.6 Å². The van der Waals surface area contributed by atoms with Crippen LogP contribution in [-0.2, 0) is 9.53 Å². The average Bonchev–Trinajstić information content (AvgIpc) is 1.80. The molecule has 78 valence electrons. The van der Waals surface area contributed by atoms with E-state index in [4.69, 9.17) is 5.11 Å². The molecule has 0 bridgehead atoms. The summed E-state index contributed by atoms with van der Waals surface area (Å²) in [5.41, 5.74) is 0. The molecule has 0 aliphatic rings. The minimum absolute atomic E-state index is 0.142. The van der Waals surface area contributed by atoms with Crippen molar-refractivity contribution in [1.29, 1.82) is 0 Å². The summed E-state index contributed by atoms with van der Waals surface area (Å²) in [4.78, 5) is 10.2. The summed E-state index contributed by atoms with van der Waals surface area (Å²) in [5.74, 6) is -0.977. The molecule has 0 aromatic rings. The van der Waals surface area contributed by atoms with E-state index in [2.05, 4.69) is 4.74 Å². The number of ether oxygens (including phenoxy) is 1. The van der Waals surface area contributed by atoms with Gasteiger partial charge in [0, 0.05) is 0 Å². The van der Waals surface area contributed by atoms with Gasteiger partial charge in [0.05, 0.1) is 12.5 Å². The molecule has 0 amide bonds. The molecule has 3 nitrogen and oxygen atoms in total. The van der Waals surface area contributed by atoms with Crippen LogP contribution < -0.4 is 0 Å². The van der Waals surface area contributed by atoms with Crippen molar-refractivity contribution in [1.82, 2.24) is 0 Å². The molecule has 1 atom stereocenters. The van der Waals surface area contributed by atoms with Crippen LogP contribution in [0.25, 0.3) is 0 Å². The van der Waals surface area contributed by atoms with Crippen LogP contribution in [0.4, 0.5) is 8.78 Å². The Kier molecular flexibility index (Phi) is 5.53. The second kappa shape index (κ2) is 5.85. The monoisotopic (exact) mass is 196 g/mol. The fourth-order valence-corrected chi connectivity index (χ4v) is 1.05. The molecule has 1 N–H and O–H groups in total. The van der Waals surface area contributed by atoms with Gasteiger partial charge in [0.1, 0.15) is 0 Å². The Hall–Kier alpha value is -0.710. The van der Waals surface area contributed by atoms with E-state index in [1.165, 1.54) is 0 Å². The molecule has 0 aromatic carbocycles. The molecule has 0 aliphatic heterocycles. The van der Waals surface area contributed by atoms with Crippen LogP contribution in [0.5, 0.6) is 0 Å². The lowest BCUT2D eigenvalue weighted by atomic mass is 10.0. The minimum atomic E-state index is -2.90. The molecule has 0 radical (unpaired) electrons. The molecule has 0 fully saturated rings. The molecule has 0 saturated carbocycles. The van der Waals surface area contributed by atoms with Crippen LogP contribution in [0.3, 0.4) is 0 Å². The molecular formula is C8H14F2O3. The molecule has 1 unspecified atom stereocenters. The summed E-state index contributed by atoms with van der Waals surface area (Å²) in [7, 11) is 0. The molecule has 0 rings (SSSR count). The maximum absolute atomic E-state index is 11.8. The molecule has 5 heteroatoms. The van der Waals surface area contributed by atoms with E-state index in [0.717, 1.165) is 0 Å². The summed E-state index contributed by atoms with van der Waals surface area (Å²) in [5, 5.41) is 8.38. The van der Waals surface area contributed by atoms with E-state index < -0.39 is 18.7 Å². The number of hydrogen-bond donors (Lipinski definition) is 1. The van der Waals surface area contributed by atoms with Gasteiger partial charge in [-0.1, -0.05) is 13.8 Å². The van der Waals surface area contributed by atoms with Crippen molar-refractivity contribution in [2.75, 3.05) is 0 Å². The average molecular weight is 196 g/mol. The van der Waals surface area contributed by atoms with Crippen molar-refractivity contribution in [3.8, 4) is 0 Å². The van der Waals surface area contributed by atoms with Gasteiger partial charge in [0.15, 0.2) is 0 Å². The van der Waals surface area contributed by atoms with Crippen molar-refractivity contribution < 1.29 is 23.4 Å². The lowest BCUT2D eigenvalue weighted by Crippen LogP contribution is -2.22. The van der Waals surface area contributed by atoms with E-state index in [-0.39, 0.29) is 12.3 Å². The smallest absolute Gasteiger partial charge is 0.345 e. The van der Waals surface area contributed by atoms with Gasteiger partial charge >= 0.3 is 12.6 Å². The lowest BCUT2D eigenvalue weighted by Gasteiger charge is -2.16. The Morgan fingerprint density at radius 1 is 1.46 bits per heavy atom. The van der Waals surface area contributed by atoms with Gasteiger partial charge in [-0.3, -0.25) is 4.79 Å². The number of carboxylic acids is 1. The highest BCUT2D eigenvalue weighted by molar-refractivity contribution is 5.67. The fraction of sp³-hybridized carbons (Fsp3) is 0.875. The summed E-state index contributed by atoms with van der Waals surface area (Å²) in [6, 6.07) is 0. The number of alkyl halides is 2. The Morgan fingerprint density at radius 3 is 2.31 bits per heavy atom. The topological polar surface area (TPSA) is 46.5 Å². The van der Waals surface area contributed by atoms with Crippen molar-refractivity contribution in [2.24, 2.45) is 5.92 Å². The van der Waals surface area contributed by atoms with Gasteiger partial charge < -0.3 is 9.84 Å². The normalized spacial score (nSPS) is 13.7. The number of aliphatic carboxylic acids is 1. The molecule has 0 aromatic heterocycles. The van der Waals surface area contributed by atoms with Crippen molar-refractivity contribution in [3.63, 3.8) is 0 Å². The molecule has 0 saturated heterocycles. The third-order valence-corrected chi connectivity index (χ3v) is 1.43. The summed E-state index contributed by atoms with van der Waals surface area (Å²) >= 11 is 0. The largest absolute Gasteiger partial charge is 0.481 e. The number of rotatable bonds is 6. The molecule has 0 spiro atoms. The lowest BCUT2D eigenvalue weighted by molar-refractivity contribution is -0.174. The van der Waals surface area contributed by atoms with E-state index in [1.807, 2.05) is 13.8 Å². The van der Waals surface area contributed by atoms with E-state index >= 15 is 0 Å². The van der Waals surface area contributed by atoms with Crippen LogP contribution in [0.2, 0.25) is 0 Å². The summed E-state index contributed by atoms with van der Waals surface area (Å²) < 4.78 is 27.7. The number of carboxylic acid groups (broad SMARTS) is 1. The van der Waals surface area contributed by atoms with E-state index in [1.54, 1.807) is 0 Å². The highest BCUT2D eigenvalue weighted by Gasteiger charge is 2.19. The van der Waals surface area contributed by atoms with Gasteiger partial charge in [-0.15, -0.1) is 0 Å². The summed E-state index contributed by atoms with van der Waals surface area (Å²) in [6.45, 7) is 0.746. The second-order valence-electron chi connectivity index (χ2n) is 3.25. The minimum Gasteiger partial charge on any atom is -0.481 e. The highest BCUT2D eigenvalue weighted by atomic mass is 19.3. The first-order chi connectivity index (χ1) is 5.91. The SMILES string of the molecule is CC(C)CC(CC(=O)O)OC(F)F. The Morgan fingerprint density at radius 2 is 2.00 bits per heavy atom. The zero-order valence-electron chi connectivity index (χ0n) is 7.67. The fourth-order valence-electron chi connectivity index (χ4n) is 1.05. The first kappa shape index (κ1) is 12.3. The predicted octanol–water partition coefficient (Wildman–Crippen LogP) is 2.12. The number of carbonyl (C=O) groups is 1. The Bertz CT molecular complexity index is 149. The maximum Gasteiger partial charge on any atom is 0.345 e. The zero-order valence-corrected chi connectivity index (χ0v) is 7.67. The number of halogens is 2. The second-order valence-corrected chi connectivity index (χ2v) is 3.25. The molecule has 0 aliphatic carbocycles. The quantitative estimate of drug-likeness (QED) is 0.707. The first-order valence-corrected chi connectivity index (χ1v) is 4.07. The maximum atomic E-state index is 11.8. The molecular weight excluding hydrogens is 182 g/mol. The first-order valence-electron chi connectivity index (χ1n) is 4.07. The van der Waals surface area contributed by atoms with Crippen LogP contribution in [0.1, 0.15) is 26.7 Å². The van der Waals surface area contributed by atoms with Gasteiger partial charge in [0.2, 0.25) is 0 Å². The van der Waals surface area contributed by atoms with Crippen LogP contribution in [0.15, 0.2) is 0 Å². The van der Waals surface area contributed by atoms with Crippen molar-refractivity contribution >= 4 is 5.97 Å². The van der Waals surface area contributed by atoms with Gasteiger partial charge in [0.25, 0.3) is 0 Å². The van der Waals surface area contributed by atoms with E-state index in [0.29, 0.717) is 6.42 Å². The standard InChI is InChI=1S/C8H14F2O3/c1-5(2)3-6(4-7(11)12)13-8(9)10/h5-6,8H,3-4H2,1-2H3,(H,11,12). The molecule has 0 heterocycles. The highest BCUT2D eigenvalue weighted by Crippen LogP contribution is 2.14. The zero-order chi connectivity index (χ0) is 10.4. The third kappa shape index (κ3) is 7.64. The van der Waals surface area contributed by atoms with Gasteiger partial charge in [-0.2, -0.15) is 8.78 Å². The Balaban J connectivity index is 3.95. The van der Waals surface area contributed by atoms with Crippen molar-refractivity contribution in [3.05, 3.63) is 0 Å². The van der Waals surface area contributed by atoms with Crippen LogP contribution in [-0.4, -0.2) is 23.8 Å². The van der Waals surface area contributed by atoms with Crippen molar-refractivity contribution in [2.45, 2.75) is 39.4 Å². The van der Waals surface area contributed by atoms with Crippen LogP contribution >= 0.6 is 0 Å². The summed E-state index contributed by atoms with van der Waals surface area (Å²) in [6.07, 6.45) is -0.934. The van der Waals surface area contributed by atoms with Crippen LogP contribution in [0, 0.1) is 5.92 Å². The third-order valence-electron chi connectivity index (χ3n) is 1.43. The predicted molar refractivity (Wildman–Crippen MR) is 42.6 cm³/mol. The number of hydrogen-bond acceptors (Lipinski definition) is 2.